The minimum absolute atomic E-state index is 0.0603. The van der Waals surface area contributed by atoms with E-state index in [4.69, 9.17) is 5.41 Å². The second-order valence-corrected chi connectivity index (χ2v) is 4.21. The Hall–Kier alpha value is -2.03. The van der Waals surface area contributed by atoms with Crippen LogP contribution in [-0.4, -0.2) is 12.0 Å². The number of benzene rings is 1. The number of nitrogens with one attached hydrogen (secondary N) is 1. The van der Waals surface area contributed by atoms with Gasteiger partial charge in [0, 0.05) is 17.7 Å². The Morgan fingerprint density at radius 3 is 2.53 bits per heavy atom. The first kappa shape index (κ1) is 15.0. The monoisotopic (exact) mass is 259 g/mol. The fourth-order valence-electron chi connectivity index (χ4n) is 2.00. The van der Waals surface area contributed by atoms with Crippen LogP contribution in [0.4, 0.5) is 4.39 Å². The number of hydrogen-bond acceptors (Lipinski definition) is 2. The van der Waals surface area contributed by atoms with Gasteiger partial charge in [-0.15, -0.1) is 6.58 Å². The molecule has 2 nitrogen and oxygen atoms in total. The largest absolute Gasteiger partial charge is 0.309 e. The summed E-state index contributed by atoms with van der Waals surface area (Å²) in [7, 11) is 0. The molecule has 1 rings (SSSR count). The Bertz CT molecular complexity index is 488. The van der Waals surface area contributed by atoms with Crippen LogP contribution in [0.2, 0.25) is 0 Å². The summed E-state index contributed by atoms with van der Waals surface area (Å²) in [6, 6.07) is 5.55. The normalized spacial score (nSPS) is 12.8. The van der Waals surface area contributed by atoms with E-state index in [0.717, 1.165) is 5.57 Å². The number of allylic oxidation sites excluding steroid dienone is 3. The Labute approximate surface area is 113 Å². The minimum atomic E-state index is -0.359. The smallest absolute Gasteiger partial charge is 0.170 e. The highest BCUT2D eigenvalue weighted by Gasteiger charge is 2.21. The van der Waals surface area contributed by atoms with Crippen molar-refractivity contribution in [3.05, 3.63) is 60.0 Å². The number of hydrogen-bond donors (Lipinski definition) is 1. The zero-order valence-electron chi connectivity index (χ0n) is 11.0. The molecule has 0 fully saturated rings. The van der Waals surface area contributed by atoms with Crippen LogP contribution in [0.5, 0.6) is 0 Å². The lowest BCUT2D eigenvalue weighted by Gasteiger charge is -2.16. The van der Waals surface area contributed by atoms with Gasteiger partial charge in [-0.25, -0.2) is 4.39 Å². The summed E-state index contributed by atoms with van der Waals surface area (Å²) < 4.78 is 12.9. The molecule has 0 aliphatic carbocycles. The van der Waals surface area contributed by atoms with E-state index in [1.807, 2.05) is 6.92 Å². The maximum Gasteiger partial charge on any atom is 0.170 e. The number of carbonyl (C=O) groups is 1. The van der Waals surface area contributed by atoms with Crippen LogP contribution in [0.3, 0.4) is 0 Å². The summed E-state index contributed by atoms with van der Waals surface area (Å²) in [4.78, 5) is 12.4. The van der Waals surface area contributed by atoms with Gasteiger partial charge in [-0.1, -0.05) is 18.6 Å². The average molecular weight is 259 g/mol. The third kappa shape index (κ3) is 3.98. The molecule has 0 radical (unpaired) electrons. The third-order valence-corrected chi connectivity index (χ3v) is 3.00. The minimum Gasteiger partial charge on any atom is -0.309 e. The quantitative estimate of drug-likeness (QED) is 0.445. The van der Waals surface area contributed by atoms with Crippen LogP contribution in [0.1, 0.15) is 30.1 Å². The van der Waals surface area contributed by atoms with Gasteiger partial charge < -0.3 is 5.41 Å². The van der Waals surface area contributed by atoms with Crippen LogP contribution in [0.15, 0.2) is 48.6 Å². The molecular formula is C16H18FNO. The zero-order valence-corrected chi connectivity index (χ0v) is 11.0. The summed E-state index contributed by atoms with van der Waals surface area (Å²) in [6.07, 6.45) is 5.74. The average Bonchev–Trinajstić information content (AvgIpc) is 2.43. The number of ketones is 1. The standard InChI is InChI=1S/C16H18FNO/c1-3-5-15(12(4-2)10-11-18)16(19)13-6-8-14(17)9-7-13/h3,6-11,15,18H,1,4-5H2,2H3/b12-10+,18-11?. The number of halogens is 1. The van der Waals surface area contributed by atoms with Gasteiger partial charge in [-0.05, 0) is 43.2 Å². The molecule has 0 amide bonds. The van der Waals surface area contributed by atoms with E-state index >= 15 is 0 Å². The van der Waals surface area contributed by atoms with Gasteiger partial charge in [0.1, 0.15) is 5.82 Å². The number of carbonyl (C=O) groups excluding carboxylic acids is 1. The first-order valence-corrected chi connectivity index (χ1v) is 6.24. The lowest BCUT2D eigenvalue weighted by molar-refractivity contribution is 0.0939. The van der Waals surface area contributed by atoms with Crippen molar-refractivity contribution in [3.63, 3.8) is 0 Å². The lowest BCUT2D eigenvalue weighted by Crippen LogP contribution is -2.17. The molecule has 1 N–H and O–H groups in total. The van der Waals surface area contributed by atoms with E-state index in [-0.39, 0.29) is 17.5 Å². The molecule has 1 aromatic carbocycles. The third-order valence-electron chi connectivity index (χ3n) is 3.00. The van der Waals surface area contributed by atoms with Gasteiger partial charge in [0.15, 0.2) is 5.78 Å². The van der Waals surface area contributed by atoms with Gasteiger partial charge in [-0.3, -0.25) is 4.79 Å². The Kier molecular flexibility index (Phi) is 5.86. The van der Waals surface area contributed by atoms with Crippen molar-refractivity contribution in [2.75, 3.05) is 0 Å². The molecule has 1 unspecified atom stereocenters. The van der Waals surface area contributed by atoms with Crippen molar-refractivity contribution in [3.8, 4) is 0 Å². The Morgan fingerprint density at radius 1 is 1.42 bits per heavy atom. The highest BCUT2D eigenvalue weighted by atomic mass is 19.1. The molecule has 0 spiro atoms. The first-order valence-electron chi connectivity index (χ1n) is 6.24. The second-order valence-electron chi connectivity index (χ2n) is 4.21. The summed E-state index contributed by atoms with van der Waals surface area (Å²) in [5.41, 5.74) is 1.38. The second kappa shape index (κ2) is 7.41. The molecule has 0 bridgehead atoms. The fraction of sp³-hybridized carbons (Fsp3) is 0.250. The van der Waals surface area contributed by atoms with Crippen molar-refractivity contribution < 1.29 is 9.18 Å². The molecule has 0 aliphatic heterocycles. The van der Waals surface area contributed by atoms with Crippen molar-refractivity contribution >= 4 is 12.0 Å². The first-order chi connectivity index (χ1) is 9.13. The SMILES string of the molecule is C=CCC(C(=O)c1ccc(F)cc1)/C(=C/C=N)CC. The molecule has 1 aromatic rings. The molecular weight excluding hydrogens is 241 g/mol. The predicted molar refractivity (Wildman–Crippen MR) is 76.2 cm³/mol. The maximum absolute atomic E-state index is 12.9. The van der Waals surface area contributed by atoms with Crippen LogP contribution in [0.25, 0.3) is 0 Å². The summed E-state index contributed by atoms with van der Waals surface area (Å²) in [6.45, 7) is 5.62. The molecule has 3 heteroatoms. The fourth-order valence-corrected chi connectivity index (χ4v) is 2.00. The van der Waals surface area contributed by atoms with E-state index in [1.54, 1.807) is 12.2 Å². The molecule has 0 saturated heterocycles. The molecule has 100 valence electrons. The highest BCUT2D eigenvalue weighted by Crippen LogP contribution is 2.23. The van der Waals surface area contributed by atoms with Gasteiger partial charge in [-0.2, -0.15) is 0 Å². The van der Waals surface area contributed by atoms with Gasteiger partial charge in [0.05, 0.1) is 0 Å². The van der Waals surface area contributed by atoms with Crippen LogP contribution in [-0.2, 0) is 0 Å². The van der Waals surface area contributed by atoms with Gasteiger partial charge >= 0.3 is 0 Å². The summed E-state index contributed by atoms with van der Waals surface area (Å²) in [5, 5.41) is 7.15. The van der Waals surface area contributed by atoms with Crippen molar-refractivity contribution in [1.82, 2.24) is 0 Å². The molecule has 0 saturated carbocycles. The number of Topliss-reactive ketones (excluding diaryl/α,β-unsaturated/α-hetero) is 1. The van der Waals surface area contributed by atoms with Gasteiger partial charge in [0.2, 0.25) is 0 Å². The highest BCUT2D eigenvalue weighted by molar-refractivity contribution is 6.00. The zero-order chi connectivity index (χ0) is 14.3. The van der Waals surface area contributed by atoms with Crippen molar-refractivity contribution in [2.24, 2.45) is 5.92 Å². The van der Waals surface area contributed by atoms with Gasteiger partial charge in [0.25, 0.3) is 0 Å². The molecule has 19 heavy (non-hydrogen) atoms. The van der Waals surface area contributed by atoms with E-state index in [9.17, 15) is 9.18 Å². The Balaban J connectivity index is 3.07. The number of rotatable bonds is 7. The molecule has 1 atom stereocenters. The molecule has 0 aliphatic rings. The molecule has 0 heterocycles. The maximum atomic E-state index is 12.9. The molecule has 0 aromatic heterocycles. The van der Waals surface area contributed by atoms with Crippen LogP contribution >= 0.6 is 0 Å². The summed E-state index contributed by atoms with van der Waals surface area (Å²) >= 11 is 0. The topological polar surface area (TPSA) is 40.9 Å². The van der Waals surface area contributed by atoms with E-state index in [0.29, 0.717) is 18.4 Å². The van der Waals surface area contributed by atoms with E-state index < -0.39 is 0 Å². The predicted octanol–water partition coefficient (Wildman–Crippen LogP) is 4.19. The van der Waals surface area contributed by atoms with Crippen molar-refractivity contribution in [2.45, 2.75) is 19.8 Å². The van der Waals surface area contributed by atoms with Crippen LogP contribution in [0, 0.1) is 17.1 Å². The lowest BCUT2D eigenvalue weighted by atomic mass is 9.86. The van der Waals surface area contributed by atoms with E-state index in [2.05, 4.69) is 6.58 Å². The van der Waals surface area contributed by atoms with Crippen molar-refractivity contribution in [1.29, 1.82) is 5.41 Å². The summed E-state index contributed by atoms with van der Waals surface area (Å²) in [5.74, 6) is -0.744. The van der Waals surface area contributed by atoms with E-state index in [1.165, 1.54) is 30.5 Å². The Morgan fingerprint density at radius 2 is 2.05 bits per heavy atom. The van der Waals surface area contributed by atoms with Crippen LogP contribution < -0.4 is 0 Å².